The molecule has 2 amide bonds. The average Bonchev–Trinajstić information content (AvgIpc) is 2.82. The number of carbonyl (C=O) groups is 2. The zero-order valence-electron chi connectivity index (χ0n) is 13.0. The van der Waals surface area contributed by atoms with Gasteiger partial charge in [0.2, 0.25) is 11.8 Å². The Bertz CT molecular complexity index is 529. The number of likely N-dealkylation sites (N-methyl/N-ethyl adjacent to an activating group) is 2. The van der Waals surface area contributed by atoms with E-state index < -0.39 is 6.04 Å². The molecule has 1 atom stereocenters. The molecule has 2 rings (SSSR count). The van der Waals surface area contributed by atoms with Crippen LogP contribution in [-0.2, 0) is 16.0 Å². The summed E-state index contributed by atoms with van der Waals surface area (Å²) in [6.45, 7) is 3.88. The van der Waals surface area contributed by atoms with Crippen LogP contribution in [0.25, 0.3) is 0 Å². The molecule has 6 nitrogen and oxygen atoms in total. The topological polar surface area (TPSA) is 56.8 Å². The molecule has 1 saturated heterocycles. The van der Waals surface area contributed by atoms with Gasteiger partial charge < -0.3 is 14.7 Å². The molecule has 7 heteroatoms. The molecule has 0 saturated carbocycles. The third-order valence-corrected chi connectivity index (χ3v) is 4.45. The van der Waals surface area contributed by atoms with Crippen molar-refractivity contribution in [1.29, 1.82) is 0 Å². The molecule has 0 N–H and O–H groups in total. The van der Waals surface area contributed by atoms with Gasteiger partial charge in [0.1, 0.15) is 6.04 Å². The first-order valence-corrected chi connectivity index (χ1v) is 7.86. The summed E-state index contributed by atoms with van der Waals surface area (Å²) in [4.78, 5) is 34.5. The van der Waals surface area contributed by atoms with Gasteiger partial charge in [0.25, 0.3) is 0 Å². The summed E-state index contributed by atoms with van der Waals surface area (Å²) in [5.74, 6) is -0.0436. The van der Waals surface area contributed by atoms with Gasteiger partial charge in [-0.15, -0.1) is 11.3 Å². The van der Waals surface area contributed by atoms with Crippen LogP contribution in [0.3, 0.4) is 0 Å². The minimum atomic E-state index is -0.397. The molecular formula is C14H22N4O2S. The first kappa shape index (κ1) is 15.9. The molecule has 1 fully saturated rings. The number of thiazole rings is 1. The molecule has 0 spiro atoms. The molecule has 1 aliphatic heterocycles. The highest BCUT2D eigenvalue weighted by Gasteiger charge is 2.35. The van der Waals surface area contributed by atoms with Gasteiger partial charge in [-0.3, -0.25) is 9.59 Å². The maximum absolute atomic E-state index is 12.5. The molecule has 1 aliphatic rings. The summed E-state index contributed by atoms with van der Waals surface area (Å²) in [6.07, 6.45) is 0.269. The Labute approximate surface area is 129 Å². The van der Waals surface area contributed by atoms with Gasteiger partial charge in [-0.1, -0.05) is 0 Å². The SMILES string of the molecule is Cc1nc(CC(=O)N2CCN(C)CC2C(=O)N(C)C)cs1. The number of hydrogen-bond donors (Lipinski definition) is 0. The minimum absolute atomic E-state index is 0.0198. The van der Waals surface area contributed by atoms with Crippen LogP contribution in [0, 0.1) is 6.92 Å². The lowest BCUT2D eigenvalue weighted by Crippen LogP contribution is -2.59. The standard InChI is InChI=1S/C14H22N4O2S/c1-10-15-11(9-21-10)7-13(19)18-6-5-17(4)8-12(18)14(20)16(2)3/h9,12H,5-8H2,1-4H3. The second kappa shape index (κ2) is 6.53. The number of aryl methyl sites for hydroxylation is 1. The van der Waals surface area contributed by atoms with E-state index in [9.17, 15) is 9.59 Å². The van der Waals surface area contributed by atoms with Crippen LogP contribution in [0.15, 0.2) is 5.38 Å². The first-order valence-electron chi connectivity index (χ1n) is 6.98. The maximum atomic E-state index is 12.5. The predicted octanol–water partition coefficient (Wildman–Crippen LogP) is 0.225. The largest absolute Gasteiger partial charge is 0.347 e. The van der Waals surface area contributed by atoms with Gasteiger partial charge in [0.15, 0.2) is 0 Å². The molecule has 1 aromatic heterocycles. The molecule has 116 valence electrons. The summed E-state index contributed by atoms with van der Waals surface area (Å²) < 4.78 is 0. The van der Waals surface area contributed by atoms with Crippen LogP contribution in [0.1, 0.15) is 10.7 Å². The Morgan fingerprint density at radius 2 is 2.14 bits per heavy atom. The molecular weight excluding hydrogens is 288 g/mol. The van der Waals surface area contributed by atoms with E-state index >= 15 is 0 Å². The van der Waals surface area contributed by atoms with Gasteiger partial charge in [0, 0.05) is 39.1 Å². The predicted molar refractivity (Wildman–Crippen MR) is 82.2 cm³/mol. The Kier molecular flexibility index (Phi) is 4.95. The van der Waals surface area contributed by atoms with E-state index in [0.29, 0.717) is 13.1 Å². The van der Waals surface area contributed by atoms with Gasteiger partial charge in [-0.2, -0.15) is 0 Å². The normalized spacial score (nSPS) is 19.6. The van der Waals surface area contributed by atoms with Crippen LogP contribution in [0.5, 0.6) is 0 Å². The van der Waals surface area contributed by atoms with Crippen LogP contribution >= 0.6 is 11.3 Å². The van der Waals surface area contributed by atoms with Crippen molar-refractivity contribution >= 4 is 23.2 Å². The van der Waals surface area contributed by atoms with E-state index in [1.54, 1.807) is 35.2 Å². The third-order valence-electron chi connectivity index (χ3n) is 3.63. The molecule has 1 aromatic rings. The van der Waals surface area contributed by atoms with E-state index in [-0.39, 0.29) is 18.2 Å². The molecule has 0 bridgehead atoms. The number of amides is 2. The highest BCUT2D eigenvalue weighted by Crippen LogP contribution is 2.15. The highest BCUT2D eigenvalue weighted by molar-refractivity contribution is 7.09. The lowest BCUT2D eigenvalue weighted by molar-refractivity contribution is -0.147. The Balaban J connectivity index is 2.10. The number of aromatic nitrogens is 1. The van der Waals surface area contributed by atoms with Crippen LogP contribution in [0.2, 0.25) is 0 Å². The maximum Gasteiger partial charge on any atom is 0.246 e. The molecule has 0 radical (unpaired) electrons. The molecule has 21 heavy (non-hydrogen) atoms. The van der Waals surface area contributed by atoms with Gasteiger partial charge in [-0.05, 0) is 14.0 Å². The first-order chi connectivity index (χ1) is 9.88. The molecule has 0 aliphatic carbocycles. The van der Waals surface area contributed by atoms with Gasteiger partial charge in [0.05, 0.1) is 17.1 Å². The smallest absolute Gasteiger partial charge is 0.246 e. The summed E-state index contributed by atoms with van der Waals surface area (Å²) in [7, 11) is 5.42. The molecule has 0 aromatic carbocycles. The van der Waals surface area contributed by atoms with Crippen LogP contribution in [0.4, 0.5) is 0 Å². The van der Waals surface area contributed by atoms with Crippen LogP contribution < -0.4 is 0 Å². The fraction of sp³-hybridized carbons (Fsp3) is 0.643. The van der Waals surface area contributed by atoms with Crippen molar-refractivity contribution in [1.82, 2.24) is 19.7 Å². The average molecular weight is 310 g/mol. The van der Waals surface area contributed by atoms with Crippen molar-refractivity contribution in [2.75, 3.05) is 40.8 Å². The van der Waals surface area contributed by atoms with Crippen molar-refractivity contribution in [3.05, 3.63) is 16.1 Å². The minimum Gasteiger partial charge on any atom is -0.347 e. The molecule has 1 unspecified atom stereocenters. The number of rotatable bonds is 3. The Hall–Kier alpha value is -1.47. The van der Waals surface area contributed by atoms with E-state index in [4.69, 9.17) is 0 Å². The monoisotopic (exact) mass is 310 g/mol. The van der Waals surface area contributed by atoms with E-state index in [1.807, 2.05) is 19.4 Å². The van der Waals surface area contributed by atoms with Gasteiger partial charge >= 0.3 is 0 Å². The quantitative estimate of drug-likeness (QED) is 0.802. The second-order valence-corrected chi connectivity index (χ2v) is 6.69. The summed E-state index contributed by atoms with van der Waals surface area (Å²) in [5, 5.41) is 2.86. The second-order valence-electron chi connectivity index (χ2n) is 5.63. The van der Waals surface area contributed by atoms with Crippen molar-refractivity contribution in [3.63, 3.8) is 0 Å². The number of carbonyl (C=O) groups excluding carboxylic acids is 2. The summed E-state index contributed by atoms with van der Waals surface area (Å²) in [5.41, 5.74) is 0.789. The third kappa shape index (κ3) is 3.79. The fourth-order valence-corrected chi connectivity index (χ4v) is 3.09. The van der Waals surface area contributed by atoms with Crippen molar-refractivity contribution in [3.8, 4) is 0 Å². The zero-order valence-corrected chi connectivity index (χ0v) is 13.8. The zero-order chi connectivity index (χ0) is 15.6. The lowest BCUT2D eigenvalue weighted by atomic mass is 10.1. The Morgan fingerprint density at radius 3 is 2.71 bits per heavy atom. The van der Waals surface area contributed by atoms with Gasteiger partial charge in [-0.25, -0.2) is 4.98 Å². The number of piperazine rings is 1. The summed E-state index contributed by atoms with van der Waals surface area (Å²) >= 11 is 1.54. The van der Waals surface area contributed by atoms with E-state index in [1.165, 1.54) is 0 Å². The summed E-state index contributed by atoms with van der Waals surface area (Å²) in [6, 6.07) is -0.397. The van der Waals surface area contributed by atoms with E-state index in [0.717, 1.165) is 17.2 Å². The molecule has 2 heterocycles. The number of hydrogen-bond acceptors (Lipinski definition) is 5. The highest BCUT2D eigenvalue weighted by atomic mass is 32.1. The lowest BCUT2D eigenvalue weighted by Gasteiger charge is -2.40. The Morgan fingerprint density at radius 1 is 1.43 bits per heavy atom. The van der Waals surface area contributed by atoms with Crippen molar-refractivity contribution in [2.24, 2.45) is 0 Å². The fourth-order valence-electron chi connectivity index (χ4n) is 2.47. The van der Waals surface area contributed by atoms with Crippen LogP contribution in [-0.4, -0.2) is 78.3 Å². The van der Waals surface area contributed by atoms with Crippen molar-refractivity contribution < 1.29 is 9.59 Å². The number of nitrogens with zero attached hydrogens (tertiary/aromatic N) is 4. The van der Waals surface area contributed by atoms with Crippen molar-refractivity contribution in [2.45, 2.75) is 19.4 Å². The van der Waals surface area contributed by atoms with E-state index in [2.05, 4.69) is 9.88 Å².